The molecular formula is C10H12ClNO2. The zero-order valence-electron chi connectivity index (χ0n) is 7.83. The van der Waals surface area contributed by atoms with Crippen LogP contribution < -0.4 is 5.32 Å². The number of carbonyl (C=O) groups excluding carboxylic acids is 1. The average molecular weight is 214 g/mol. The summed E-state index contributed by atoms with van der Waals surface area (Å²) in [6.45, 7) is 1.86. The Balaban J connectivity index is 2.65. The van der Waals surface area contributed by atoms with Crippen LogP contribution in [0.4, 0.5) is 0 Å². The SMILES string of the molecule is CC(NC(=O)CCl)c1ccc(O)cc1. The van der Waals surface area contributed by atoms with Gasteiger partial charge in [-0.05, 0) is 24.6 Å². The third-order valence-corrected chi connectivity index (χ3v) is 2.13. The van der Waals surface area contributed by atoms with Gasteiger partial charge in [-0.2, -0.15) is 0 Å². The highest BCUT2D eigenvalue weighted by molar-refractivity contribution is 6.27. The van der Waals surface area contributed by atoms with Gasteiger partial charge in [0.05, 0.1) is 6.04 Å². The van der Waals surface area contributed by atoms with Crippen LogP contribution in [0.2, 0.25) is 0 Å². The summed E-state index contributed by atoms with van der Waals surface area (Å²) in [5.74, 6) is -0.0283. The lowest BCUT2D eigenvalue weighted by Gasteiger charge is -2.13. The van der Waals surface area contributed by atoms with E-state index in [1.54, 1.807) is 24.3 Å². The topological polar surface area (TPSA) is 49.3 Å². The van der Waals surface area contributed by atoms with E-state index in [2.05, 4.69) is 5.32 Å². The molecule has 1 atom stereocenters. The maximum absolute atomic E-state index is 11.0. The number of rotatable bonds is 3. The first kappa shape index (κ1) is 10.9. The second kappa shape index (κ2) is 4.86. The molecule has 0 radical (unpaired) electrons. The molecule has 1 unspecified atom stereocenters. The van der Waals surface area contributed by atoms with Gasteiger partial charge in [-0.1, -0.05) is 12.1 Å². The predicted octanol–water partition coefficient (Wildman–Crippen LogP) is 1.81. The number of phenolic OH excluding ortho intramolecular Hbond substituents is 1. The zero-order chi connectivity index (χ0) is 10.6. The number of hydrogen-bond donors (Lipinski definition) is 2. The van der Waals surface area contributed by atoms with Crippen LogP contribution in [0.15, 0.2) is 24.3 Å². The first-order chi connectivity index (χ1) is 6.63. The van der Waals surface area contributed by atoms with Crippen LogP contribution in [0.25, 0.3) is 0 Å². The summed E-state index contributed by atoms with van der Waals surface area (Å²) >= 11 is 5.36. The van der Waals surface area contributed by atoms with Gasteiger partial charge in [0.2, 0.25) is 5.91 Å². The maximum Gasteiger partial charge on any atom is 0.235 e. The fourth-order valence-corrected chi connectivity index (χ4v) is 1.20. The van der Waals surface area contributed by atoms with Gasteiger partial charge in [-0.15, -0.1) is 11.6 Å². The minimum atomic E-state index is -0.202. The van der Waals surface area contributed by atoms with E-state index in [9.17, 15) is 4.79 Å². The summed E-state index contributed by atoms with van der Waals surface area (Å²) in [5, 5.41) is 11.8. The van der Waals surface area contributed by atoms with Crippen molar-refractivity contribution in [1.82, 2.24) is 5.32 Å². The summed E-state index contributed by atoms with van der Waals surface area (Å²) in [5.41, 5.74) is 0.932. The molecule has 0 spiro atoms. The second-order valence-corrected chi connectivity index (χ2v) is 3.28. The summed E-state index contributed by atoms with van der Waals surface area (Å²) in [7, 11) is 0. The van der Waals surface area contributed by atoms with Crippen molar-refractivity contribution < 1.29 is 9.90 Å². The van der Waals surface area contributed by atoms with E-state index in [-0.39, 0.29) is 23.6 Å². The summed E-state index contributed by atoms with van der Waals surface area (Å²) in [6.07, 6.45) is 0. The fourth-order valence-electron chi connectivity index (χ4n) is 1.13. The minimum Gasteiger partial charge on any atom is -0.508 e. The van der Waals surface area contributed by atoms with Gasteiger partial charge in [-0.25, -0.2) is 0 Å². The lowest BCUT2D eigenvalue weighted by Crippen LogP contribution is -2.27. The number of phenols is 1. The van der Waals surface area contributed by atoms with Gasteiger partial charge in [0.1, 0.15) is 11.6 Å². The van der Waals surface area contributed by atoms with E-state index in [4.69, 9.17) is 16.7 Å². The molecule has 76 valence electrons. The van der Waals surface area contributed by atoms with Crippen LogP contribution >= 0.6 is 11.6 Å². The Kier molecular flexibility index (Phi) is 3.77. The first-order valence-corrected chi connectivity index (χ1v) is 4.81. The Morgan fingerprint density at radius 1 is 1.50 bits per heavy atom. The third kappa shape index (κ3) is 2.92. The second-order valence-electron chi connectivity index (χ2n) is 3.01. The predicted molar refractivity (Wildman–Crippen MR) is 55.4 cm³/mol. The molecule has 0 aliphatic carbocycles. The quantitative estimate of drug-likeness (QED) is 0.753. The Morgan fingerprint density at radius 3 is 2.57 bits per heavy atom. The highest BCUT2D eigenvalue weighted by Gasteiger charge is 2.07. The van der Waals surface area contributed by atoms with Gasteiger partial charge in [0.15, 0.2) is 0 Å². The van der Waals surface area contributed by atoms with Crippen molar-refractivity contribution in [2.75, 3.05) is 5.88 Å². The molecule has 4 heteroatoms. The van der Waals surface area contributed by atoms with E-state index in [1.165, 1.54) is 0 Å². The van der Waals surface area contributed by atoms with Crippen molar-refractivity contribution in [3.05, 3.63) is 29.8 Å². The largest absolute Gasteiger partial charge is 0.508 e. The molecule has 3 nitrogen and oxygen atoms in total. The molecule has 1 rings (SSSR count). The summed E-state index contributed by atoms with van der Waals surface area (Å²) < 4.78 is 0. The van der Waals surface area contributed by atoms with Crippen molar-refractivity contribution in [2.24, 2.45) is 0 Å². The smallest absolute Gasteiger partial charge is 0.235 e. The van der Waals surface area contributed by atoms with Gasteiger partial charge in [-0.3, -0.25) is 4.79 Å². The number of nitrogens with one attached hydrogen (secondary N) is 1. The zero-order valence-corrected chi connectivity index (χ0v) is 8.58. The molecule has 0 bridgehead atoms. The van der Waals surface area contributed by atoms with Crippen molar-refractivity contribution in [3.8, 4) is 5.75 Å². The van der Waals surface area contributed by atoms with E-state index in [1.807, 2.05) is 6.92 Å². The third-order valence-electron chi connectivity index (χ3n) is 1.89. The van der Waals surface area contributed by atoms with Crippen LogP contribution in [0.1, 0.15) is 18.5 Å². The summed E-state index contributed by atoms with van der Waals surface area (Å²) in [4.78, 5) is 11.0. The number of hydrogen-bond acceptors (Lipinski definition) is 2. The Morgan fingerprint density at radius 2 is 2.07 bits per heavy atom. The van der Waals surface area contributed by atoms with Crippen molar-refractivity contribution in [2.45, 2.75) is 13.0 Å². The van der Waals surface area contributed by atoms with E-state index in [0.29, 0.717) is 0 Å². The van der Waals surface area contributed by atoms with Crippen LogP contribution in [0.5, 0.6) is 5.75 Å². The normalized spacial score (nSPS) is 12.1. The number of aromatic hydroxyl groups is 1. The Labute approximate surface area is 87.7 Å². The molecule has 14 heavy (non-hydrogen) atoms. The lowest BCUT2D eigenvalue weighted by molar-refractivity contribution is -0.119. The number of amides is 1. The molecule has 0 heterocycles. The molecule has 0 aliphatic heterocycles. The van der Waals surface area contributed by atoms with Crippen LogP contribution in [-0.2, 0) is 4.79 Å². The molecule has 0 saturated carbocycles. The highest BCUT2D eigenvalue weighted by Crippen LogP contribution is 2.16. The number of benzene rings is 1. The minimum absolute atomic E-state index is 0.0393. The average Bonchev–Trinajstić information content (AvgIpc) is 2.18. The Bertz CT molecular complexity index is 310. The van der Waals surface area contributed by atoms with Crippen molar-refractivity contribution >= 4 is 17.5 Å². The van der Waals surface area contributed by atoms with E-state index >= 15 is 0 Å². The van der Waals surface area contributed by atoms with E-state index < -0.39 is 0 Å². The van der Waals surface area contributed by atoms with Crippen molar-refractivity contribution in [3.63, 3.8) is 0 Å². The van der Waals surface area contributed by atoms with Crippen LogP contribution in [0.3, 0.4) is 0 Å². The fraction of sp³-hybridized carbons (Fsp3) is 0.300. The Hall–Kier alpha value is -1.22. The highest BCUT2D eigenvalue weighted by atomic mass is 35.5. The summed E-state index contributed by atoms with van der Waals surface area (Å²) in [6, 6.07) is 6.59. The van der Waals surface area contributed by atoms with Gasteiger partial charge >= 0.3 is 0 Å². The van der Waals surface area contributed by atoms with Gasteiger partial charge in [0, 0.05) is 0 Å². The molecular weight excluding hydrogens is 202 g/mol. The molecule has 0 saturated heterocycles. The monoisotopic (exact) mass is 213 g/mol. The van der Waals surface area contributed by atoms with E-state index in [0.717, 1.165) is 5.56 Å². The van der Waals surface area contributed by atoms with Crippen LogP contribution in [-0.4, -0.2) is 16.9 Å². The maximum atomic E-state index is 11.0. The molecule has 1 amide bonds. The van der Waals surface area contributed by atoms with Crippen LogP contribution in [0, 0.1) is 0 Å². The van der Waals surface area contributed by atoms with Gasteiger partial charge < -0.3 is 10.4 Å². The molecule has 0 fully saturated rings. The van der Waals surface area contributed by atoms with Crippen molar-refractivity contribution in [1.29, 1.82) is 0 Å². The number of alkyl halides is 1. The number of halogens is 1. The molecule has 2 N–H and O–H groups in total. The standard InChI is InChI=1S/C10H12ClNO2/c1-7(12-10(14)6-11)8-2-4-9(13)5-3-8/h2-5,7,13H,6H2,1H3,(H,12,14). The molecule has 1 aromatic carbocycles. The first-order valence-electron chi connectivity index (χ1n) is 4.27. The molecule has 0 aromatic heterocycles. The lowest BCUT2D eigenvalue weighted by atomic mass is 10.1. The van der Waals surface area contributed by atoms with Gasteiger partial charge in [0.25, 0.3) is 0 Å². The number of carbonyl (C=O) groups is 1. The molecule has 1 aromatic rings. The molecule has 0 aliphatic rings.